The van der Waals surface area contributed by atoms with Crippen LogP contribution >= 0.6 is 0 Å². The van der Waals surface area contributed by atoms with E-state index in [2.05, 4.69) is 26.1 Å². The van der Waals surface area contributed by atoms with Gasteiger partial charge in [0, 0.05) is 24.8 Å². The molecule has 86 valence electrons. The lowest BCUT2D eigenvalue weighted by atomic mass is 10.2. The van der Waals surface area contributed by atoms with Gasteiger partial charge in [0.15, 0.2) is 0 Å². The molecule has 0 aliphatic carbocycles. The Kier molecular flexibility index (Phi) is 3.16. The first-order chi connectivity index (χ1) is 7.75. The van der Waals surface area contributed by atoms with Crippen molar-refractivity contribution in [1.29, 1.82) is 0 Å². The van der Waals surface area contributed by atoms with Crippen molar-refractivity contribution >= 4 is 11.8 Å². The molecule has 1 saturated heterocycles. The van der Waals surface area contributed by atoms with Crippen molar-refractivity contribution in [3.8, 4) is 0 Å². The van der Waals surface area contributed by atoms with Crippen molar-refractivity contribution in [2.75, 3.05) is 13.1 Å². The smallest absolute Gasteiger partial charge is 0.239 e. The zero-order valence-corrected chi connectivity index (χ0v) is 8.62. The fourth-order valence-electron chi connectivity index (χ4n) is 1.44. The van der Waals surface area contributed by atoms with Gasteiger partial charge in [0.2, 0.25) is 11.8 Å². The van der Waals surface area contributed by atoms with E-state index in [1.165, 1.54) is 0 Å². The van der Waals surface area contributed by atoms with Crippen molar-refractivity contribution < 1.29 is 9.59 Å². The Hall–Kier alpha value is -1.89. The molecule has 2 amide bonds. The Bertz CT molecular complexity index is 365. The topological polar surface area (TPSA) is 98.9 Å². The summed E-state index contributed by atoms with van der Waals surface area (Å²) >= 11 is 0. The van der Waals surface area contributed by atoms with Crippen molar-refractivity contribution in [2.24, 2.45) is 0 Å². The third-order valence-corrected chi connectivity index (χ3v) is 2.35. The maximum Gasteiger partial charge on any atom is 0.239 e. The average Bonchev–Trinajstić information content (AvgIpc) is 2.80. The van der Waals surface area contributed by atoms with E-state index < -0.39 is 0 Å². The summed E-state index contributed by atoms with van der Waals surface area (Å²) in [6.45, 7) is 0.946. The molecule has 0 saturated carbocycles. The molecular formula is C9H13N5O2. The summed E-state index contributed by atoms with van der Waals surface area (Å²) < 4.78 is 0. The van der Waals surface area contributed by atoms with E-state index in [-0.39, 0.29) is 24.4 Å². The highest BCUT2D eigenvalue weighted by Gasteiger charge is 2.23. The number of carbonyl (C=O) groups excluding carboxylic acids is 2. The van der Waals surface area contributed by atoms with Crippen molar-refractivity contribution in [3.05, 3.63) is 18.0 Å². The average molecular weight is 223 g/mol. The predicted molar refractivity (Wildman–Crippen MR) is 55.2 cm³/mol. The summed E-state index contributed by atoms with van der Waals surface area (Å²) in [5.41, 5.74) is 0.910. The molecule has 1 aromatic heterocycles. The van der Waals surface area contributed by atoms with E-state index in [1.807, 2.05) is 0 Å². The number of rotatable bonds is 3. The number of nitrogens with zero attached hydrogens (tertiary/aromatic N) is 1. The van der Waals surface area contributed by atoms with E-state index in [9.17, 15) is 9.59 Å². The predicted octanol–water partition coefficient (Wildman–Crippen LogP) is -1.89. The maximum atomic E-state index is 11.6. The van der Waals surface area contributed by atoms with Gasteiger partial charge >= 0.3 is 0 Å². The van der Waals surface area contributed by atoms with Gasteiger partial charge in [0.1, 0.15) is 6.04 Å². The van der Waals surface area contributed by atoms with Gasteiger partial charge in [0.05, 0.1) is 12.7 Å². The summed E-state index contributed by atoms with van der Waals surface area (Å²) in [7, 11) is 0. The van der Waals surface area contributed by atoms with Crippen molar-refractivity contribution in [2.45, 2.75) is 12.6 Å². The lowest BCUT2D eigenvalue weighted by molar-refractivity contribution is -0.126. The van der Waals surface area contributed by atoms with Gasteiger partial charge in [-0.2, -0.15) is 5.10 Å². The first kappa shape index (κ1) is 10.6. The highest BCUT2D eigenvalue weighted by Crippen LogP contribution is 1.94. The van der Waals surface area contributed by atoms with Crippen molar-refractivity contribution in [3.63, 3.8) is 0 Å². The van der Waals surface area contributed by atoms with Crippen molar-refractivity contribution in [1.82, 2.24) is 26.1 Å². The second-order valence-corrected chi connectivity index (χ2v) is 3.56. The van der Waals surface area contributed by atoms with Crippen LogP contribution in [0.25, 0.3) is 0 Å². The summed E-state index contributed by atoms with van der Waals surface area (Å²) in [6, 6.07) is -0.357. The summed E-state index contributed by atoms with van der Waals surface area (Å²) in [6.07, 6.45) is 3.37. The zero-order valence-electron chi connectivity index (χ0n) is 8.62. The van der Waals surface area contributed by atoms with Crippen LogP contribution in [0.1, 0.15) is 5.56 Å². The van der Waals surface area contributed by atoms with Crippen LogP contribution in [0.15, 0.2) is 12.4 Å². The molecule has 2 heterocycles. The number of amides is 2. The standard InChI is InChI=1S/C9H13N5O2/c15-8-5-10-7(4-11-8)9(16)12-1-6-2-13-14-3-6/h2-3,7,10H,1,4-5H2,(H,11,15)(H,12,16)(H,13,14). The minimum absolute atomic E-state index is 0.0844. The van der Waals surface area contributed by atoms with Crippen LogP contribution in [0.2, 0.25) is 0 Å². The number of hydrogen-bond acceptors (Lipinski definition) is 4. The molecular weight excluding hydrogens is 210 g/mol. The second kappa shape index (κ2) is 4.75. The molecule has 16 heavy (non-hydrogen) atoms. The molecule has 1 atom stereocenters. The third kappa shape index (κ3) is 2.57. The highest BCUT2D eigenvalue weighted by molar-refractivity contribution is 5.86. The van der Waals surface area contributed by atoms with Crippen LogP contribution in [0.5, 0.6) is 0 Å². The number of piperazine rings is 1. The van der Waals surface area contributed by atoms with Gasteiger partial charge in [-0.25, -0.2) is 0 Å². The summed E-state index contributed by atoms with van der Waals surface area (Å²) in [4.78, 5) is 22.5. The van der Waals surface area contributed by atoms with E-state index in [4.69, 9.17) is 0 Å². The molecule has 1 aliphatic rings. The highest BCUT2D eigenvalue weighted by atomic mass is 16.2. The van der Waals surface area contributed by atoms with Crippen LogP contribution < -0.4 is 16.0 Å². The summed E-state index contributed by atoms with van der Waals surface area (Å²) in [5.74, 6) is -0.208. The summed E-state index contributed by atoms with van der Waals surface area (Å²) in [5, 5.41) is 14.7. The van der Waals surface area contributed by atoms with E-state index in [0.29, 0.717) is 13.1 Å². The molecule has 0 spiro atoms. The molecule has 0 radical (unpaired) electrons. The van der Waals surface area contributed by atoms with Gasteiger partial charge < -0.3 is 10.6 Å². The van der Waals surface area contributed by atoms with Crippen LogP contribution in [0, 0.1) is 0 Å². The Labute approximate surface area is 92.0 Å². The van der Waals surface area contributed by atoms with Gasteiger partial charge in [0.25, 0.3) is 0 Å². The molecule has 1 fully saturated rings. The Morgan fingerprint density at radius 3 is 3.12 bits per heavy atom. The molecule has 0 bridgehead atoms. The minimum Gasteiger partial charge on any atom is -0.353 e. The maximum absolute atomic E-state index is 11.6. The monoisotopic (exact) mass is 223 g/mol. The Balaban J connectivity index is 1.77. The van der Waals surface area contributed by atoms with E-state index >= 15 is 0 Å². The largest absolute Gasteiger partial charge is 0.353 e. The minimum atomic E-state index is -0.357. The molecule has 4 N–H and O–H groups in total. The number of aromatic nitrogens is 2. The van der Waals surface area contributed by atoms with Gasteiger partial charge in [-0.05, 0) is 0 Å². The quantitative estimate of drug-likeness (QED) is 0.481. The van der Waals surface area contributed by atoms with Gasteiger partial charge in [-0.1, -0.05) is 0 Å². The second-order valence-electron chi connectivity index (χ2n) is 3.56. The number of hydrogen-bond donors (Lipinski definition) is 4. The molecule has 2 rings (SSSR count). The Morgan fingerprint density at radius 2 is 2.50 bits per heavy atom. The van der Waals surface area contributed by atoms with E-state index in [0.717, 1.165) is 5.56 Å². The molecule has 1 aliphatic heterocycles. The molecule has 7 heteroatoms. The molecule has 1 aromatic rings. The third-order valence-electron chi connectivity index (χ3n) is 2.35. The fraction of sp³-hybridized carbons (Fsp3) is 0.444. The number of aromatic amines is 1. The molecule has 7 nitrogen and oxygen atoms in total. The lowest BCUT2D eigenvalue weighted by Gasteiger charge is -2.22. The van der Waals surface area contributed by atoms with Crippen LogP contribution in [0.3, 0.4) is 0 Å². The van der Waals surface area contributed by atoms with Gasteiger partial charge in [-0.3, -0.25) is 20.0 Å². The van der Waals surface area contributed by atoms with Crippen LogP contribution in [0.4, 0.5) is 0 Å². The fourth-order valence-corrected chi connectivity index (χ4v) is 1.44. The lowest BCUT2D eigenvalue weighted by Crippen LogP contribution is -2.57. The zero-order chi connectivity index (χ0) is 11.4. The number of carbonyl (C=O) groups is 2. The first-order valence-corrected chi connectivity index (χ1v) is 5.01. The molecule has 0 aromatic carbocycles. The SMILES string of the molecule is O=C1CNC(C(=O)NCc2cn[nH]c2)CN1. The van der Waals surface area contributed by atoms with Crippen LogP contribution in [-0.4, -0.2) is 41.1 Å². The van der Waals surface area contributed by atoms with E-state index in [1.54, 1.807) is 12.4 Å². The number of nitrogens with one attached hydrogen (secondary N) is 4. The van der Waals surface area contributed by atoms with Crippen LogP contribution in [-0.2, 0) is 16.1 Å². The number of H-pyrrole nitrogens is 1. The molecule has 1 unspecified atom stereocenters. The van der Waals surface area contributed by atoms with Gasteiger partial charge in [-0.15, -0.1) is 0 Å². The Morgan fingerprint density at radius 1 is 1.62 bits per heavy atom. The normalized spacial score (nSPS) is 20.2. The first-order valence-electron chi connectivity index (χ1n) is 5.01.